The molecule has 0 aliphatic heterocycles. The lowest BCUT2D eigenvalue weighted by atomic mass is 9.58. The van der Waals surface area contributed by atoms with Crippen molar-refractivity contribution in [2.45, 2.75) is 46.5 Å². The van der Waals surface area contributed by atoms with E-state index in [1.165, 1.54) is 18.6 Å². The average molecular weight is 350 g/mol. The van der Waals surface area contributed by atoms with Crippen LogP contribution >= 0.6 is 0 Å². The van der Waals surface area contributed by atoms with Gasteiger partial charge in [0.05, 0.1) is 6.07 Å². The van der Waals surface area contributed by atoms with Gasteiger partial charge in [-0.3, -0.25) is 5.43 Å². The predicted molar refractivity (Wildman–Crippen MR) is 92.9 cm³/mol. The van der Waals surface area contributed by atoms with E-state index in [0.717, 1.165) is 31.0 Å². The van der Waals surface area contributed by atoms with E-state index in [9.17, 15) is 15.6 Å². The molecule has 1 aromatic carbocycles. The van der Waals surface area contributed by atoms with Gasteiger partial charge < -0.3 is 10.4 Å². The smallest absolute Gasteiger partial charge is 0.195 e. The third-order valence-electron chi connectivity index (χ3n) is 6.61. The zero-order valence-corrected chi connectivity index (χ0v) is 14.8. The lowest BCUT2D eigenvalue weighted by molar-refractivity contribution is -0.996. The zero-order chi connectivity index (χ0) is 18.4. The molecule has 25 heavy (non-hydrogen) atoms. The molecule has 5 N–H and O–H groups in total. The van der Waals surface area contributed by atoms with E-state index in [1.54, 1.807) is 0 Å². The van der Waals surface area contributed by atoms with E-state index in [2.05, 4.69) is 31.3 Å². The second-order valence-electron chi connectivity index (χ2n) is 7.87. The molecule has 2 aliphatic rings. The lowest BCUT2D eigenvalue weighted by Gasteiger charge is -2.46. The molecular weight excluding hydrogens is 324 g/mol. The lowest BCUT2D eigenvalue weighted by Crippen LogP contribution is -3.00. The molecule has 0 saturated heterocycles. The third kappa shape index (κ3) is 2.95. The largest absolute Gasteiger partial charge is 0.595 e. The molecule has 2 aliphatic carbocycles. The fourth-order valence-electron chi connectivity index (χ4n) is 4.46. The van der Waals surface area contributed by atoms with E-state index in [0.29, 0.717) is 11.6 Å². The Hall–Kier alpha value is -1.55. The van der Waals surface area contributed by atoms with E-state index in [1.807, 2.05) is 0 Å². The van der Waals surface area contributed by atoms with Crippen LogP contribution in [0.5, 0.6) is 0 Å². The standard InChI is InChI=1S/C17H26N4O4/c1-16(2)11-4-7-15(17(16,3)9-8-11)19-18-13-6-5-12(20(22)23)10-14(13)21(24)25/h5-6,10-11,18,20-22,24H,4,7-9H2,1-3H3/t11-,17-/m0/s1. The van der Waals surface area contributed by atoms with Gasteiger partial charge in [0.2, 0.25) is 0 Å². The summed E-state index contributed by atoms with van der Waals surface area (Å²) in [5, 5.41) is 43.2. The first-order valence-corrected chi connectivity index (χ1v) is 8.60. The van der Waals surface area contributed by atoms with Crippen LogP contribution in [0.25, 0.3) is 0 Å². The minimum absolute atomic E-state index is 0.00725. The van der Waals surface area contributed by atoms with Crippen molar-refractivity contribution in [2.75, 3.05) is 5.43 Å². The fourth-order valence-corrected chi connectivity index (χ4v) is 4.46. The van der Waals surface area contributed by atoms with E-state index < -0.39 is 10.5 Å². The van der Waals surface area contributed by atoms with E-state index in [-0.39, 0.29) is 22.2 Å². The first-order chi connectivity index (χ1) is 11.7. The highest BCUT2D eigenvalue weighted by atomic mass is 16.8. The zero-order valence-electron chi connectivity index (χ0n) is 14.8. The minimum Gasteiger partial charge on any atom is -0.595 e. The number of fused-ring (bicyclic) bond motifs is 2. The Bertz CT molecular complexity index is 689. The molecule has 2 unspecified atom stereocenters. The number of nitrogens with one attached hydrogen (secondary N) is 3. The highest BCUT2D eigenvalue weighted by molar-refractivity contribution is 5.92. The molecule has 2 fully saturated rings. The van der Waals surface area contributed by atoms with Crippen LogP contribution in [0.2, 0.25) is 0 Å². The van der Waals surface area contributed by atoms with Gasteiger partial charge >= 0.3 is 0 Å². The minimum atomic E-state index is -1.18. The van der Waals surface area contributed by atoms with Crippen molar-refractivity contribution in [1.82, 2.24) is 0 Å². The van der Waals surface area contributed by atoms with Gasteiger partial charge in [-0.25, -0.2) is 10.4 Å². The van der Waals surface area contributed by atoms with Crippen LogP contribution in [0.1, 0.15) is 46.5 Å². The number of hydrogen-bond donors (Lipinski definition) is 5. The Morgan fingerprint density at radius 2 is 1.88 bits per heavy atom. The summed E-state index contributed by atoms with van der Waals surface area (Å²) in [6, 6.07) is 4.01. The maximum absolute atomic E-state index is 11.5. The first-order valence-electron chi connectivity index (χ1n) is 8.60. The van der Waals surface area contributed by atoms with Gasteiger partial charge in [-0.1, -0.05) is 20.8 Å². The van der Waals surface area contributed by atoms with Gasteiger partial charge in [0.1, 0.15) is 5.69 Å². The Labute approximate surface area is 146 Å². The third-order valence-corrected chi connectivity index (χ3v) is 6.61. The number of nitrogens with zero attached hydrogens (tertiary/aromatic N) is 1. The van der Waals surface area contributed by atoms with Gasteiger partial charge in [0.15, 0.2) is 11.4 Å². The Kier molecular flexibility index (Phi) is 4.61. The van der Waals surface area contributed by atoms with Crippen molar-refractivity contribution in [1.29, 1.82) is 0 Å². The number of anilines is 1. The molecule has 0 radical (unpaired) electrons. The average Bonchev–Trinajstić information content (AvgIpc) is 2.69. The molecule has 1 aromatic rings. The molecule has 2 bridgehead atoms. The number of hydrogen-bond acceptors (Lipinski definition) is 6. The van der Waals surface area contributed by atoms with Crippen LogP contribution in [0.3, 0.4) is 0 Å². The number of benzene rings is 1. The van der Waals surface area contributed by atoms with E-state index in [4.69, 9.17) is 5.21 Å². The van der Waals surface area contributed by atoms with Crippen molar-refractivity contribution in [3.63, 3.8) is 0 Å². The number of rotatable bonds is 4. The topological polar surface area (TPSA) is 120 Å². The quantitative estimate of drug-likeness (QED) is 0.527. The first kappa shape index (κ1) is 18.2. The van der Waals surface area contributed by atoms with Crippen LogP contribution in [0.4, 0.5) is 17.1 Å². The maximum Gasteiger partial charge on any atom is 0.195 e. The number of hydrazone groups is 1. The number of quaternary nitrogens is 2. The van der Waals surface area contributed by atoms with Crippen molar-refractivity contribution >= 4 is 22.8 Å². The summed E-state index contributed by atoms with van der Waals surface area (Å²) in [7, 11) is 0. The van der Waals surface area contributed by atoms with Crippen LogP contribution < -0.4 is 15.9 Å². The summed E-state index contributed by atoms with van der Waals surface area (Å²) in [5.41, 5.74) is 4.31. The molecule has 8 nitrogen and oxygen atoms in total. The van der Waals surface area contributed by atoms with Crippen molar-refractivity contribution in [3.05, 3.63) is 28.6 Å². The molecule has 0 aromatic heterocycles. The predicted octanol–water partition coefficient (Wildman–Crippen LogP) is 1.50. The van der Waals surface area contributed by atoms with Gasteiger partial charge in [0.25, 0.3) is 0 Å². The normalized spacial score (nSPS) is 31.8. The molecule has 0 spiro atoms. The summed E-state index contributed by atoms with van der Waals surface area (Å²) < 4.78 is 0. The second-order valence-corrected chi connectivity index (χ2v) is 7.87. The van der Waals surface area contributed by atoms with Crippen molar-refractivity contribution in [3.8, 4) is 0 Å². The Morgan fingerprint density at radius 3 is 2.52 bits per heavy atom. The summed E-state index contributed by atoms with van der Waals surface area (Å²) >= 11 is 0. The fraction of sp³-hybridized carbons (Fsp3) is 0.588. The summed E-state index contributed by atoms with van der Waals surface area (Å²) in [6.07, 6.45) is 4.31. The summed E-state index contributed by atoms with van der Waals surface area (Å²) in [5.74, 6) is 0.709. The van der Waals surface area contributed by atoms with Crippen molar-refractivity contribution in [2.24, 2.45) is 21.8 Å². The second kappa shape index (κ2) is 6.31. The molecule has 2 saturated carbocycles. The highest BCUT2D eigenvalue weighted by Crippen LogP contribution is 2.61. The Balaban J connectivity index is 1.89. The van der Waals surface area contributed by atoms with Crippen LogP contribution in [0.15, 0.2) is 23.3 Å². The molecule has 4 atom stereocenters. The maximum atomic E-state index is 11.5. The molecule has 8 heteroatoms. The monoisotopic (exact) mass is 350 g/mol. The SMILES string of the molecule is CC1(C)[C@H]2CCC(=NNc3ccc([NH+]([O-])O)cc3[NH+]([O-])O)[C@]1(C)CC2. The van der Waals surface area contributed by atoms with Gasteiger partial charge in [-0.15, -0.1) is 0 Å². The van der Waals surface area contributed by atoms with Gasteiger partial charge in [0, 0.05) is 17.2 Å². The molecular formula is C17H26N4O4. The van der Waals surface area contributed by atoms with Gasteiger partial charge in [-0.05, 0) is 43.1 Å². The van der Waals surface area contributed by atoms with Crippen LogP contribution in [-0.4, -0.2) is 16.1 Å². The van der Waals surface area contributed by atoms with Crippen molar-refractivity contribution < 1.29 is 20.9 Å². The van der Waals surface area contributed by atoms with Crippen LogP contribution in [-0.2, 0) is 0 Å². The van der Waals surface area contributed by atoms with E-state index >= 15 is 0 Å². The highest BCUT2D eigenvalue weighted by Gasteiger charge is 2.56. The summed E-state index contributed by atoms with van der Waals surface area (Å²) in [4.78, 5) is 0. The molecule has 0 heterocycles. The summed E-state index contributed by atoms with van der Waals surface area (Å²) in [6.45, 7) is 6.84. The Morgan fingerprint density at radius 1 is 1.16 bits per heavy atom. The molecule has 0 amide bonds. The molecule has 3 rings (SSSR count). The molecule has 138 valence electrons. The van der Waals surface area contributed by atoms with Gasteiger partial charge in [-0.2, -0.15) is 15.6 Å². The van der Waals surface area contributed by atoms with Crippen LogP contribution in [0, 0.1) is 27.2 Å².